The molecule has 0 radical (unpaired) electrons. The lowest BCUT2D eigenvalue weighted by molar-refractivity contribution is -0.172. The molecule has 3 aliphatic rings. The van der Waals surface area contributed by atoms with E-state index in [4.69, 9.17) is 23.9 Å². The van der Waals surface area contributed by atoms with Crippen LogP contribution in [-0.2, 0) is 68.5 Å². The van der Waals surface area contributed by atoms with Crippen LogP contribution in [0.15, 0.2) is 40.5 Å². The van der Waals surface area contributed by atoms with Crippen LogP contribution in [0.25, 0.3) is 22.3 Å². The fraction of sp³-hybridized carbons (Fsp3) is 0.528. The Bertz CT molecular complexity index is 3080. The van der Waals surface area contributed by atoms with Gasteiger partial charge in [-0.1, -0.05) is 46.5 Å². The van der Waals surface area contributed by atoms with Crippen LogP contribution in [0.2, 0.25) is 0 Å². The topological polar surface area (TPSA) is 289 Å². The van der Waals surface area contributed by atoms with Crippen LogP contribution in [-0.4, -0.2) is 132 Å². The number of hydrogen-bond donors (Lipinski definition) is 5. The van der Waals surface area contributed by atoms with Crippen LogP contribution in [0.4, 0.5) is 0 Å². The molecular formula is C53H67N9O13S. The number of unbranched alkanes of at least 4 members (excludes halogenated alkanes) is 2. The Balaban J connectivity index is 0.917. The van der Waals surface area contributed by atoms with E-state index in [1.165, 1.54) is 12.4 Å². The molecule has 0 saturated heterocycles. The smallest absolute Gasteiger partial charge is 0.343 e. The van der Waals surface area contributed by atoms with Gasteiger partial charge in [0.05, 0.1) is 41.1 Å². The van der Waals surface area contributed by atoms with E-state index in [0.717, 1.165) is 48.8 Å². The minimum absolute atomic E-state index is 0.0152. The highest BCUT2D eigenvalue weighted by molar-refractivity contribution is 7.90. The monoisotopic (exact) mass is 1070 g/mol. The number of amides is 4. The molecule has 0 fully saturated rings. The van der Waals surface area contributed by atoms with Gasteiger partial charge in [-0.05, 0) is 88.2 Å². The molecule has 3 aliphatic heterocycles. The van der Waals surface area contributed by atoms with Crippen LogP contribution in [0, 0.1) is 17.8 Å². The second kappa shape index (κ2) is 25.2. The van der Waals surface area contributed by atoms with Crippen molar-refractivity contribution in [3.8, 4) is 34.7 Å². The number of rotatable bonds is 25. The zero-order valence-electron chi connectivity index (χ0n) is 43.8. The van der Waals surface area contributed by atoms with Crippen molar-refractivity contribution in [2.75, 3.05) is 52.6 Å². The predicted molar refractivity (Wildman–Crippen MR) is 277 cm³/mol. The molecule has 0 bridgehead atoms. The fourth-order valence-electron chi connectivity index (χ4n) is 9.35. The van der Waals surface area contributed by atoms with E-state index in [-0.39, 0.29) is 86.3 Å². The zero-order valence-corrected chi connectivity index (χ0v) is 44.7. The minimum Gasteiger partial charge on any atom is -0.458 e. The summed E-state index contributed by atoms with van der Waals surface area (Å²) >= 11 is 0. The number of nitrogens with one attached hydrogen (secondary N) is 4. The summed E-state index contributed by atoms with van der Waals surface area (Å²) in [5, 5.41) is 22.8. The summed E-state index contributed by atoms with van der Waals surface area (Å²) in [6, 6.07) is 3.39. The first-order valence-electron chi connectivity index (χ1n) is 25.7. The number of aryl methyl sites for hydroxylation is 1. The number of sulfone groups is 1. The van der Waals surface area contributed by atoms with E-state index in [2.05, 4.69) is 61.8 Å². The van der Waals surface area contributed by atoms with Crippen molar-refractivity contribution in [3.05, 3.63) is 68.8 Å². The van der Waals surface area contributed by atoms with Crippen molar-refractivity contribution in [2.45, 2.75) is 128 Å². The fourth-order valence-corrected chi connectivity index (χ4v) is 9.84. The normalized spacial score (nSPS) is 16.0. The molecule has 5 N–H and O–H groups in total. The molecule has 76 heavy (non-hydrogen) atoms. The van der Waals surface area contributed by atoms with Crippen LogP contribution in [0.3, 0.4) is 0 Å². The highest BCUT2D eigenvalue weighted by Crippen LogP contribution is 2.43. The van der Waals surface area contributed by atoms with Gasteiger partial charge in [-0.25, -0.2) is 28.2 Å². The number of pyridine rings is 2. The summed E-state index contributed by atoms with van der Waals surface area (Å²) in [5.41, 5.74) is 1.85. The quantitative estimate of drug-likeness (QED) is 0.0185. The Morgan fingerprint density at radius 1 is 0.921 bits per heavy atom. The van der Waals surface area contributed by atoms with Gasteiger partial charge in [0, 0.05) is 60.7 Å². The van der Waals surface area contributed by atoms with E-state index in [1.807, 2.05) is 6.07 Å². The van der Waals surface area contributed by atoms with Gasteiger partial charge in [-0.3, -0.25) is 24.0 Å². The van der Waals surface area contributed by atoms with Crippen LogP contribution >= 0.6 is 0 Å². The Hall–Kier alpha value is -7.00. The molecule has 4 amide bonds. The Labute approximate surface area is 441 Å². The van der Waals surface area contributed by atoms with Gasteiger partial charge in [0.25, 0.3) is 5.56 Å². The number of carbonyl (C=O) groups excluding carboxylic acids is 5. The van der Waals surface area contributed by atoms with E-state index >= 15 is 0 Å². The van der Waals surface area contributed by atoms with Gasteiger partial charge >= 0.3 is 5.97 Å². The number of nitrogens with zero attached hydrogens (tertiary/aromatic N) is 5. The molecule has 408 valence electrons. The standard InChI is InChI=1S/C53H67N9O13S/c1-7-53(69)38-23-41-47-36(28-62(41)50(67)37(38)29-73-51(53)68)34(35-22-42-43(75-31-74-42)24-40(35)58-47)17-15-21-72-30-57-45(64)27-54-48(65)39(18-13-14-20-61(8-2)9-3)59-49(66)46(32(4)5)60-44(63)19-12-10-11-16-33-25-55-52(56-26-33)76(6,70)71/h22-26,32,39,46,69H,7-10,12-15,17-21,27-31H2,1-6H3,(H,54,65)(H,57,64)(H,59,66)(H,60,63)/t39-,46-,53-/m0/s1. The van der Waals surface area contributed by atoms with Crippen LogP contribution in [0.5, 0.6) is 11.5 Å². The summed E-state index contributed by atoms with van der Waals surface area (Å²) in [5.74, 6) is 3.74. The molecule has 0 unspecified atom stereocenters. The SMILES string of the molecule is CCN(CC)CCCC[C@H](NC(=O)[C@@H](NC(=O)CCCC#Cc1cnc(S(C)(=O)=O)nc1)C(C)C)C(=O)NCC(=O)NCOCCCc1c2c(nc3cc4c(cc13)OCO4)-c1cc3c(c(=O)n1C2)COC(=O)[C@]3(O)CC. The second-order valence-corrected chi connectivity index (χ2v) is 21.2. The van der Waals surface area contributed by atoms with Crippen molar-refractivity contribution in [1.82, 2.24) is 45.7 Å². The van der Waals surface area contributed by atoms with Gasteiger partial charge in [-0.2, -0.15) is 0 Å². The number of carbonyl (C=O) groups is 5. The minimum atomic E-state index is -3.54. The number of esters is 1. The van der Waals surface area contributed by atoms with E-state index in [9.17, 15) is 42.3 Å². The van der Waals surface area contributed by atoms with Crippen LogP contribution < -0.4 is 36.3 Å². The molecule has 6 heterocycles. The summed E-state index contributed by atoms with van der Waals surface area (Å²) in [4.78, 5) is 94.9. The maximum absolute atomic E-state index is 13.9. The van der Waals surface area contributed by atoms with E-state index < -0.39 is 51.2 Å². The molecule has 0 saturated carbocycles. The molecule has 3 atom stereocenters. The van der Waals surface area contributed by atoms with Crippen molar-refractivity contribution in [3.63, 3.8) is 0 Å². The number of ether oxygens (including phenoxy) is 4. The maximum Gasteiger partial charge on any atom is 0.343 e. The number of benzene rings is 1. The number of aliphatic hydroxyl groups is 1. The molecule has 3 aromatic heterocycles. The molecule has 1 aromatic carbocycles. The summed E-state index contributed by atoms with van der Waals surface area (Å²) < 4.78 is 47.2. The summed E-state index contributed by atoms with van der Waals surface area (Å²) in [6.07, 6.45) is 7.12. The third kappa shape index (κ3) is 13.3. The number of hydrogen-bond acceptors (Lipinski definition) is 17. The lowest BCUT2D eigenvalue weighted by atomic mass is 9.86. The van der Waals surface area contributed by atoms with Crippen LogP contribution in [0.1, 0.15) is 114 Å². The van der Waals surface area contributed by atoms with E-state index in [0.29, 0.717) is 72.5 Å². The Kier molecular flexibility index (Phi) is 18.8. The van der Waals surface area contributed by atoms with E-state index in [1.54, 1.807) is 37.5 Å². The summed E-state index contributed by atoms with van der Waals surface area (Å²) in [6.45, 7) is 11.6. The molecule has 22 nitrogen and oxygen atoms in total. The van der Waals surface area contributed by atoms with Gasteiger partial charge < -0.3 is 54.8 Å². The predicted octanol–water partition coefficient (Wildman–Crippen LogP) is 2.50. The molecule has 4 aromatic rings. The highest BCUT2D eigenvalue weighted by atomic mass is 32.2. The first-order valence-corrected chi connectivity index (χ1v) is 27.6. The van der Waals surface area contributed by atoms with Crippen molar-refractivity contribution < 1.29 is 56.4 Å². The number of fused-ring (bicyclic) bond motifs is 6. The molecule has 0 aliphatic carbocycles. The van der Waals surface area contributed by atoms with Gasteiger partial charge in [-0.15, -0.1) is 0 Å². The molecule has 23 heteroatoms. The lowest BCUT2D eigenvalue weighted by Gasteiger charge is -2.31. The first kappa shape index (κ1) is 56.7. The lowest BCUT2D eigenvalue weighted by Crippen LogP contribution is -2.56. The highest BCUT2D eigenvalue weighted by Gasteiger charge is 2.45. The summed E-state index contributed by atoms with van der Waals surface area (Å²) in [7, 11) is -3.54. The van der Waals surface area contributed by atoms with Gasteiger partial charge in [0.2, 0.25) is 45.4 Å². The Morgan fingerprint density at radius 2 is 1.66 bits per heavy atom. The van der Waals surface area contributed by atoms with Crippen molar-refractivity contribution in [1.29, 1.82) is 0 Å². The molecule has 7 rings (SSSR count). The first-order chi connectivity index (χ1) is 36.4. The van der Waals surface area contributed by atoms with Gasteiger partial charge in [0.15, 0.2) is 17.1 Å². The molecule has 0 spiro atoms. The average Bonchev–Trinajstić information content (AvgIpc) is 4.06. The third-order valence-electron chi connectivity index (χ3n) is 13.7. The van der Waals surface area contributed by atoms with Crippen molar-refractivity contribution >= 4 is 50.3 Å². The largest absolute Gasteiger partial charge is 0.458 e. The number of cyclic esters (lactones) is 1. The van der Waals surface area contributed by atoms with Crippen molar-refractivity contribution in [2.24, 2.45) is 5.92 Å². The van der Waals surface area contributed by atoms with Gasteiger partial charge in [0.1, 0.15) is 25.4 Å². The average molecular weight is 1070 g/mol. The molecular weight excluding hydrogens is 1000 g/mol. The Morgan fingerprint density at radius 3 is 2.36 bits per heavy atom. The maximum atomic E-state index is 13.9. The zero-order chi connectivity index (χ0) is 54.7. The number of aromatic nitrogens is 4. The second-order valence-electron chi connectivity index (χ2n) is 19.3. The third-order valence-corrected chi connectivity index (χ3v) is 14.6.